The number of nitrogens with one attached hydrogen (secondary N) is 2. The van der Waals surface area contributed by atoms with Gasteiger partial charge in [-0.15, -0.1) is 0 Å². The molecule has 3 heterocycles. The van der Waals surface area contributed by atoms with Crippen LogP contribution in [0.1, 0.15) is 46.7 Å². The number of aryl methyl sites for hydroxylation is 2. The van der Waals surface area contributed by atoms with Gasteiger partial charge in [-0.25, -0.2) is 0 Å². The van der Waals surface area contributed by atoms with Crippen LogP contribution in [0.5, 0.6) is 0 Å². The van der Waals surface area contributed by atoms with Crippen molar-refractivity contribution in [2.75, 3.05) is 30.9 Å². The van der Waals surface area contributed by atoms with Gasteiger partial charge >= 0.3 is 0 Å². The summed E-state index contributed by atoms with van der Waals surface area (Å²) in [4.78, 5) is 21.8. The second kappa shape index (κ2) is 11.5. The van der Waals surface area contributed by atoms with Crippen LogP contribution in [0, 0.1) is 20.8 Å². The van der Waals surface area contributed by atoms with Crippen molar-refractivity contribution in [3.63, 3.8) is 0 Å². The lowest BCUT2D eigenvalue weighted by atomic mass is 9.96. The van der Waals surface area contributed by atoms with E-state index in [9.17, 15) is 4.79 Å². The van der Waals surface area contributed by atoms with Crippen LogP contribution in [0.15, 0.2) is 79.0 Å². The number of aromatic nitrogens is 2. The number of nitrogens with zero attached hydrogens (tertiary/aromatic N) is 4. The van der Waals surface area contributed by atoms with Gasteiger partial charge in [0.15, 0.2) is 5.11 Å². The molecule has 2 atom stereocenters. The topological polar surface area (TPSA) is 65.4 Å². The molecule has 1 aliphatic heterocycles. The standard InChI is InChI=1S/C32H36N6OS/c1-21-9-11-24(12-10-21)34-29(39)17-19-37-31(30(35-32(37)40)28-8-6-7-18-33-28)27-20-22(2)38(23(27)3)26-15-13-25(14-16-26)36(4)5/h6-16,18,20,30-31H,17,19H2,1-5H3,(H,34,39)(H,35,40)/t30-,31-/m1/s1. The summed E-state index contributed by atoms with van der Waals surface area (Å²) < 4.78 is 2.29. The van der Waals surface area contributed by atoms with E-state index in [0.717, 1.165) is 45.3 Å². The fraction of sp³-hybridized carbons (Fsp3) is 0.281. The third kappa shape index (κ3) is 5.58. The normalized spacial score (nSPS) is 16.6. The molecule has 4 aromatic rings. The van der Waals surface area contributed by atoms with Gasteiger partial charge in [0.1, 0.15) is 0 Å². The summed E-state index contributed by atoms with van der Waals surface area (Å²) in [5.74, 6) is -0.0434. The quantitative estimate of drug-likeness (QED) is 0.267. The molecule has 0 bridgehead atoms. The van der Waals surface area contributed by atoms with Gasteiger partial charge in [-0.3, -0.25) is 9.78 Å². The number of hydrogen-bond donors (Lipinski definition) is 2. The Bertz CT molecular complexity index is 1500. The van der Waals surface area contributed by atoms with E-state index in [-0.39, 0.29) is 18.0 Å². The Morgan fingerprint density at radius 1 is 1.02 bits per heavy atom. The molecule has 0 aliphatic carbocycles. The minimum atomic E-state index is -0.140. The lowest BCUT2D eigenvalue weighted by Crippen LogP contribution is -2.32. The van der Waals surface area contributed by atoms with Crippen molar-refractivity contribution in [2.45, 2.75) is 39.3 Å². The molecule has 1 amide bonds. The average molecular weight is 553 g/mol. The first kappa shape index (κ1) is 27.4. The van der Waals surface area contributed by atoms with Crippen molar-refractivity contribution in [1.82, 2.24) is 19.8 Å². The number of hydrogen-bond acceptors (Lipinski definition) is 4. The van der Waals surface area contributed by atoms with Crippen LogP contribution in [0.2, 0.25) is 0 Å². The number of benzene rings is 2. The highest BCUT2D eigenvalue weighted by Gasteiger charge is 2.41. The molecule has 2 N–H and O–H groups in total. The lowest BCUT2D eigenvalue weighted by Gasteiger charge is -2.28. The van der Waals surface area contributed by atoms with E-state index in [1.807, 2.05) is 69.7 Å². The molecule has 2 aromatic heterocycles. The molecule has 206 valence electrons. The molecule has 7 nitrogen and oxygen atoms in total. The van der Waals surface area contributed by atoms with Crippen LogP contribution in [0.25, 0.3) is 5.69 Å². The van der Waals surface area contributed by atoms with Gasteiger partial charge in [0, 0.05) is 61.7 Å². The first-order valence-electron chi connectivity index (χ1n) is 13.5. The Kier molecular flexibility index (Phi) is 7.89. The number of carbonyl (C=O) groups is 1. The van der Waals surface area contributed by atoms with Crippen LogP contribution in [0.3, 0.4) is 0 Å². The highest BCUT2D eigenvalue weighted by atomic mass is 32.1. The summed E-state index contributed by atoms with van der Waals surface area (Å²) >= 11 is 5.85. The molecule has 5 rings (SSSR count). The van der Waals surface area contributed by atoms with Gasteiger partial charge in [-0.1, -0.05) is 23.8 Å². The van der Waals surface area contributed by atoms with Gasteiger partial charge in [-0.2, -0.15) is 0 Å². The van der Waals surface area contributed by atoms with Crippen molar-refractivity contribution in [3.05, 3.63) is 107 Å². The molecule has 1 fully saturated rings. The van der Waals surface area contributed by atoms with Crippen LogP contribution < -0.4 is 15.5 Å². The Morgan fingerprint density at radius 2 is 1.75 bits per heavy atom. The lowest BCUT2D eigenvalue weighted by molar-refractivity contribution is -0.116. The van der Waals surface area contributed by atoms with E-state index in [1.54, 1.807) is 0 Å². The molecule has 2 aromatic carbocycles. The molecule has 0 saturated carbocycles. The second-order valence-electron chi connectivity index (χ2n) is 10.6. The van der Waals surface area contributed by atoms with E-state index in [0.29, 0.717) is 18.1 Å². The monoisotopic (exact) mass is 552 g/mol. The fourth-order valence-corrected chi connectivity index (χ4v) is 5.78. The molecule has 40 heavy (non-hydrogen) atoms. The van der Waals surface area contributed by atoms with Crippen LogP contribution in [-0.4, -0.2) is 46.1 Å². The SMILES string of the molecule is Cc1ccc(NC(=O)CCN2C(=S)N[C@H](c3ccccn3)[C@H]2c2cc(C)n(-c3ccc(N(C)C)cc3)c2C)cc1. The molecule has 8 heteroatoms. The maximum atomic E-state index is 12.9. The van der Waals surface area contributed by atoms with Crippen molar-refractivity contribution < 1.29 is 4.79 Å². The summed E-state index contributed by atoms with van der Waals surface area (Å²) in [6.45, 7) is 6.80. The van der Waals surface area contributed by atoms with E-state index in [4.69, 9.17) is 12.2 Å². The summed E-state index contributed by atoms with van der Waals surface area (Å²) in [5, 5.41) is 7.16. The molecule has 1 aliphatic rings. The number of rotatable bonds is 8. The highest BCUT2D eigenvalue weighted by molar-refractivity contribution is 7.80. The molecular weight excluding hydrogens is 516 g/mol. The number of anilines is 2. The van der Waals surface area contributed by atoms with E-state index in [1.165, 1.54) is 0 Å². The fourth-order valence-electron chi connectivity index (χ4n) is 5.45. The summed E-state index contributed by atoms with van der Waals surface area (Å²) in [6.07, 6.45) is 2.12. The van der Waals surface area contributed by atoms with Crippen LogP contribution in [0.4, 0.5) is 11.4 Å². The summed E-state index contributed by atoms with van der Waals surface area (Å²) in [6, 6.07) is 24.3. The Balaban J connectivity index is 1.46. The third-order valence-corrected chi connectivity index (χ3v) is 7.88. The summed E-state index contributed by atoms with van der Waals surface area (Å²) in [5.41, 5.74) is 8.57. The predicted octanol–water partition coefficient (Wildman–Crippen LogP) is 5.86. The van der Waals surface area contributed by atoms with Crippen molar-refractivity contribution in [1.29, 1.82) is 0 Å². The first-order chi connectivity index (χ1) is 19.2. The van der Waals surface area contributed by atoms with Crippen molar-refractivity contribution in [2.24, 2.45) is 0 Å². The largest absolute Gasteiger partial charge is 0.378 e. The summed E-state index contributed by atoms with van der Waals surface area (Å²) in [7, 11) is 4.09. The molecule has 0 unspecified atom stereocenters. The number of carbonyl (C=O) groups excluding carboxylic acids is 1. The number of amides is 1. The van der Waals surface area contributed by atoms with Crippen molar-refractivity contribution in [3.8, 4) is 5.69 Å². The zero-order valence-electron chi connectivity index (χ0n) is 23.7. The maximum Gasteiger partial charge on any atom is 0.226 e. The molecule has 0 radical (unpaired) electrons. The zero-order valence-corrected chi connectivity index (χ0v) is 24.5. The smallest absolute Gasteiger partial charge is 0.226 e. The average Bonchev–Trinajstić information content (AvgIpc) is 3.43. The Morgan fingerprint density at radius 3 is 2.40 bits per heavy atom. The van der Waals surface area contributed by atoms with E-state index < -0.39 is 0 Å². The van der Waals surface area contributed by atoms with Gasteiger partial charge < -0.3 is 25.0 Å². The Labute approximate surface area is 241 Å². The molecule has 1 saturated heterocycles. The molecule has 0 spiro atoms. The third-order valence-electron chi connectivity index (χ3n) is 7.53. The molecular formula is C32H36N6OS. The number of thiocarbonyl (C=S) groups is 1. The minimum absolute atomic E-state index is 0.0434. The van der Waals surface area contributed by atoms with Gasteiger partial charge in [0.2, 0.25) is 5.91 Å². The van der Waals surface area contributed by atoms with Crippen LogP contribution >= 0.6 is 12.2 Å². The maximum absolute atomic E-state index is 12.9. The highest BCUT2D eigenvalue weighted by Crippen LogP contribution is 2.41. The van der Waals surface area contributed by atoms with Crippen LogP contribution in [-0.2, 0) is 4.79 Å². The van der Waals surface area contributed by atoms with Gasteiger partial charge in [-0.05, 0) is 93.1 Å². The van der Waals surface area contributed by atoms with E-state index >= 15 is 0 Å². The van der Waals surface area contributed by atoms with Crippen molar-refractivity contribution >= 4 is 34.6 Å². The second-order valence-corrected chi connectivity index (χ2v) is 10.9. The Hall–Kier alpha value is -4.17. The van der Waals surface area contributed by atoms with E-state index in [2.05, 4.69) is 74.2 Å². The predicted molar refractivity (Wildman–Crippen MR) is 166 cm³/mol. The van der Waals surface area contributed by atoms with Gasteiger partial charge in [0.05, 0.1) is 17.8 Å². The van der Waals surface area contributed by atoms with Gasteiger partial charge in [0.25, 0.3) is 0 Å². The number of pyridine rings is 1. The minimum Gasteiger partial charge on any atom is -0.378 e. The first-order valence-corrected chi connectivity index (χ1v) is 13.9. The zero-order chi connectivity index (χ0) is 28.4.